The molecule has 0 aliphatic heterocycles. The van der Waals surface area contributed by atoms with Gasteiger partial charge in [-0.1, -0.05) is 18.2 Å². The quantitative estimate of drug-likeness (QED) is 0.820. The summed E-state index contributed by atoms with van der Waals surface area (Å²) < 4.78 is 13.0. The summed E-state index contributed by atoms with van der Waals surface area (Å²) in [6, 6.07) is 15.6. The molecule has 1 saturated carbocycles. The predicted molar refractivity (Wildman–Crippen MR) is 81.8 cm³/mol. The van der Waals surface area contributed by atoms with Crippen molar-refractivity contribution < 1.29 is 9.18 Å². The molecule has 0 aromatic heterocycles. The van der Waals surface area contributed by atoms with Crippen molar-refractivity contribution in [2.75, 3.05) is 4.90 Å². The van der Waals surface area contributed by atoms with Crippen LogP contribution in [0.25, 0.3) is 0 Å². The van der Waals surface area contributed by atoms with Crippen LogP contribution in [-0.4, -0.2) is 11.9 Å². The zero-order chi connectivity index (χ0) is 14.8. The van der Waals surface area contributed by atoms with E-state index in [0.717, 1.165) is 5.69 Å². The summed E-state index contributed by atoms with van der Waals surface area (Å²) in [5.74, 6) is 0.170. The summed E-state index contributed by atoms with van der Waals surface area (Å²) in [6.07, 6.45) is 2.34. The van der Waals surface area contributed by atoms with E-state index in [0.29, 0.717) is 11.5 Å². The van der Waals surface area contributed by atoms with Crippen molar-refractivity contribution in [1.82, 2.24) is 0 Å². The van der Waals surface area contributed by atoms with Gasteiger partial charge in [0.15, 0.2) is 0 Å². The van der Waals surface area contributed by atoms with Crippen LogP contribution in [-0.2, 0) is 0 Å². The summed E-state index contributed by atoms with van der Waals surface area (Å²) in [4.78, 5) is 14.7. The number of rotatable bonds is 4. The molecule has 1 aliphatic carbocycles. The Morgan fingerprint density at radius 1 is 1.10 bits per heavy atom. The Bertz CT molecular complexity index is 619. The van der Waals surface area contributed by atoms with Crippen LogP contribution < -0.4 is 4.90 Å². The second-order valence-electron chi connectivity index (χ2n) is 5.60. The third-order valence-corrected chi connectivity index (χ3v) is 4.06. The molecular weight excluding hydrogens is 265 g/mol. The highest BCUT2D eigenvalue weighted by Gasteiger charge is 2.35. The van der Waals surface area contributed by atoms with Gasteiger partial charge in [0.2, 0.25) is 0 Å². The van der Waals surface area contributed by atoms with Crippen molar-refractivity contribution >= 4 is 11.6 Å². The lowest BCUT2D eigenvalue weighted by molar-refractivity contribution is 0.0975. The number of anilines is 1. The highest BCUT2D eigenvalue weighted by molar-refractivity contribution is 6.06. The van der Waals surface area contributed by atoms with E-state index in [9.17, 15) is 9.18 Å². The standard InChI is InChI=1S/C18H18FNO/c1-13(14-7-8-14)20(17-5-3-2-4-6-17)18(21)15-9-11-16(19)12-10-15/h2-6,9-14H,7-8H2,1H3/t13-/m1/s1. The number of amides is 1. The molecule has 0 heterocycles. The predicted octanol–water partition coefficient (Wildman–Crippen LogP) is 4.27. The summed E-state index contributed by atoms with van der Waals surface area (Å²) in [7, 11) is 0. The maximum atomic E-state index is 13.0. The van der Waals surface area contributed by atoms with Crippen LogP contribution in [0.2, 0.25) is 0 Å². The van der Waals surface area contributed by atoms with Crippen molar-refractivity contribution in [3.8, 4) is 0 Å². The van der Waals surface area contributed by atoms with Crippen LogP contribution in [0.4, 0.5) is 10.1 Å². The number of halogens is 1. The zero-order valence-corrected chi connectivity index (χ0v) is 12.0. The molecule has 0 spiro atoms. The van der Waals surface area contributed by atoms with Crippen molar-refractivity contribution in [3.05, 3.63) is 66.0 Å². The average Bonchev–Trinajstić information content (AvgIpc) is 3.34. The molecule has 2 aromatic rings. The fourth-order valence-electron chi connectivity index (χ4n) is 2.65. The Morgan fingerprint density at radius 2 is 1.71 bits per heavy atom. The van der Waals surface area contributed by atoms with E-state index in [1.165, 1.54) is 25.0 Å². The molecule has 1 fully saturated rings. The molecule has 0 N–H and O–H groups in total. The molecule has 1 aliphatic rings. The Labute approximate surface area is 124 Å². The summed E-state index contributed by atoms with van der Waals surface area (Å²) in [5, 5.41) is 0. The van der Waals surface area contributed by atoms with Crippen LogP contribution in [0, 0.1) is 11.7 Å². The summed E-state index contributed by atoms with van der Waals surface area (Å²) in [6.45, 7) is 2.09. The molecule has 0 saturated heterocycles. The molecule has 0 bridgehead atoms. The molecule has 21 heavy (non-hydrogen) atoms. The van der Waals surface area contributed by atoms with Crippen LogP contribution in [0.1, 0.15) is 30.1 Å². The number of carbonyl (C=O) groups excluding carboxylic acids is 1. The minimum atomic E-state index is -0.326. The number of hydrogen-bond acceptors (Lipinski definition) is 1. The molecule has 1 amide bonds. The lowest BCUT2D eigenvalue weighted by atomic mass is 10.1. The van der Waals surface area contributed by atoms with Gasteiger partial charge in [0.25, 0.3) is 5.91 Å². The minimum absolute atomic E-state index is 0.0689. The monoisotopic (exact) mass is 283 g/mol. The Balaban J connectivity index is 1.94. The maximum absolute atomic E-state index is 13.0. The van der Waals surface area contributed by atoms with Crippen molar-refractivity contribution in [1.29, 1.82) is 0 Å². The maximum Gasteiger partial charge on any atom is 0.258 e. The SMILES string of the molecule is C[C@H](C1CC1)N(C(=O)c1ccc(F)cc1)c1ccccc1. The third-order valence-electron chi connectivity index (χ3n) is 4.06. The van der Waals surface area contributed by atoms with Crippen molar-refractivity contribution in [3.63, 3.8) is 0 Å². The molecule has 1 atom stereocenters. The van der Waals surface area contributed by atoms with E-state index in [1.54, 1.807) is 12.1 Å². The van der Waals surface area contributed by atoms with Gasteiger partial charge in [0, 0.05) is 17.3 Å². The highest BCUT2D eigenvalue weighted by Crippen LogP contribution is 2.37. The van der Waals surface area contributed by atoms with Crippen LogP contribution in [0.15, 0.2) is 54.6 Å². The molecule has 3 rings (SSSR count). The molecule has 2 nitrogen and oxygen atoms in total. The number of para-hydroxylation sites is 1. The Kier molecular flexibility index (Phi) is 3.74. The Morgan fingerprint density at radius 3 is 2.29 bits per heavy atom. The van der Waals surface area contributed by atoms with E-state index in [1.807, 2.05) is 35.2 Å². The van der Waals surface area contributed by atoms with Crippen molar-refractivity contribution in [2.45, 2.75) is 25.8 Å². The lowest BCUT2D eigenvalue weighted by Crippen LogP contribution is -2.40. The first-order valence-corrected chi connectivity index (χ1v) is 7.31. The van der Waals surface area contributed by atoms with Gasteiger partial charge in [-0.15, -0.1) is 0 Å². The van der Waals surface area contributed by atoms with Crippen LogP contribution >= 0.6 is 0 Å². The molecule has 0 radical (unpaired) electrons. The van der Waals surface area contributed by atoms with E-state index >= 15 is 0 Å². The summed E-state index contributed by atoms with van der Waals surface area (Å²) in [5.41, 5.74) is 1.42. The van der Waals surface area contributed by atoms with Crippen LogP contribution in [0.3, 0.4) is 0 Å². The summed E-state index contributed by atoms with van der Waals surface area (Å²) >= 11 is 0. The van der Waals surface area contributed by atoms with Gasteiger partial charge in [-0.25, -0.2) is 4.39 Å². The van der Waals surface area contributed by atoms with Gasteiger partial charge in [0.05, 0.1) is 0 Å². The number of benzene rings is 2. The first kappa shape index (κ1) is 13.8. The van der Waals surface area contributed by atoms with Gasteiger partial charge in [-0.2, -0.15) is 0 Å². The minimum Gasteiger partial charge on any atom is -0.305 e. The molecule has 3 heteroatoms. The Hall–Kier alpha value is -2.16. The molecular formula is C18H18FNO. The highest BCUT2D eigenvalue weighted by atomic mass is 19.1. The molecule has 2 aromatic carbocycles. The van der Waals surface area contributed by atoms with E-state index in [4.69, 9.17) is 0 Å². The van der Waals surface area contributed by atoms with Gasteiger partial charge >= 0.3 is 0 Å². The van der Waals surface area contributed by atoms with E-state index < -0.39 is 0 Å². The van der Waals surface area contributed by atoms with Crippen LogP contribution in [0.5, 0.6) is 0 Å². The van der Waals surface area contributed by atoms with Gasteiger partial charge in [-0.05, 0) is 62.1 Å². The fourth-order valence-corrected chi connectivity index (χ4v) is 2.65. The third kappa shape index (κ3) is 2.97. The second kappa shape index (κ2) is 5.68. The van der Waals surface area contributed by atoms with E-state index in [2.05, 4.69) is 6.92 Å². The second-order valence-corrected chi connectivity index (χ2v) is 5.60. The van der Waals surface area contributed by atoms with Gasteiger partial charge < -0.3 is 4.90 Å². The molecule has 108 valence electrons. The van der Waals surface area contributed by atoms with Crippen molar-refractivity contribution in [2.24, 2.45) is 5.92 Å². The fraction of sp³-hybridized carbons (Fsp3) is 0.278. The smallest absolute Gasteiger partial charge is 0.258 e. The average molecular weight is 283 g/mol. The normalized spacial score (nSPS) is 15.5. The first-order valence-electron chi connectivity index (χ1n) is 7.31. The van der Waals surface area contributed by atoms with Gasteiger partial charge in [-0.3, -0.25) is 4.79 Å². The largest absolute Gasteiger partial charge is 0.305 e. The number of carbonyl (C=O) groups is 1. The van der Waals surface area contributed by atoms with E-state index in [-0.39, 0.29) is 17.8 Å². The number of nitrogens with zero attached hydrogens (tertiary/aromatic N) is 1. The number of hydrogen-bond donors (Lipinski definition) is 0. The topological polar surface area (TPSA) is 20.3 Å². The first-order chi connectivity index (χ1) is 10.2. The zero-order valence-electron chi connectivity index (χ0n) is 12.0. The lowest BCUT2D eigenvalue weighted by Gasteiger charge is -2.29. The van der Waals surface area contributed by atoms with Gasteiger partial charge in [0.1, 0.15) is 5.82 Å². The molecule has 0 unspecified atom stereocenters.